The Hall–Kier alpha value is -7.18. The quantitative estimate of drug-likeness (QED) is 0.0320. The van der Waals surface area contributed by atoms with Crippen molar-refractivity contribution in [3.8, 4) is 5.75 Å². The highest BCUT2D eigenvalue weighted by molar-refractivity contribution is 8.77. The van der Waals surface area contributed by atoms with Gasteiger partial charge >= 0.3 is 11.9 Å². The van der Waals surface area contributed by atoms with Gasteiger partial charge in [0.15, 0.2) is 0 Å². The summed E-state index contributed by atoms with van der Waals surface area (Å²) in [6, 6.07) is -9.19. The third-order valence-electron chi connectivity index (χ3n) is 13.2. The number of carboxylic acids is 2. The standard InChI is InChI=1S/C56H87N13O18S5/c1-8-89-91-26-40(61-31(7)70)54(84)65-35(51(81)64-34(16-17-45(75)76)50(80)66-36(47(58)77)21-28(2)3)18-20-88-25-39-53(83)67-37(22-32-12-14-33(71)15-13-32)49(79)59-24-44(74)63-41(56(86)87)27-92-90-19-10-9-11-43(73)62-38(23-42(57)72)52(82)69-46(29(4)5)55(85)60-30(6)48(78)68-39/h12-15,28-30,34-41,46,71H,8-11,16-27H2,1-7H3,(H2,57,72)(H2,58,77)(H,59,79)(H,60,85)(H,61,70)(H,62,73)(H,63,74)(H,64,81)(H,65,84)(H,66,80)(H,67,83)(H,68,78)(H,69,82)(H,75,76)(H,86,87)/t30?,34?,35-,36+,37?,38?,39?,40?,41?,46?/m1/s1. The van der Waals surface area contributed by atoms with Crippen molar-refractivity contribution in [2.24, 2.45) is 23.3 Å². The lowest BCUT2D eigenvalue weighted by molar-refractivity contribution is -0.141. The third-order valence-corrected chi connectivity index (χ3v) is 19.3. The smallest absolute Gasteiger partial charge is 0.327 e. The number of nitrogens with two attached hydrogens (primary N) is 2. The molecule has 0 aliphatic carbocycles. The second-order valence-corrected chi connectivity index (χ2v) is 28.5. The Labute approximate surface area is 553 Å². The number of thioether (sulfide) groups is 1. The molecular formula is C56H87N13O18S5. The van der Waals surface area contributed by atoms with Crippen LogP contribution in [-0.4, -0.2) is 206 Å². The molecule has 1 fully saturated rings. The molecule has 0 saturated carbocycles. The second-order valence-electron chi connectivity index (χ2n) is 21.9. The molecule has 0 bridgehead atoms. The third kappa shape index (κ3) is 32.4. The molecule has 1 aliphatic heterocycles. The molecular weight excluding hydrogens is 1300 g/mol. The molecule has 1 aromatic carbocycles. The summed E-state index contributed by atoms with van der Waals surface area (Å²) in [5.74, 6) is -15.1. The number of aromatic hydroxyl groups is 1. The van der Waals surface area contributed by atoms with Crippen molar-refractivity contribution < 1.29 is 87.2 Å². The van der Waals surface area contributed by atoms with Gasteiger partial charge < -0.3 is 85.3 Å². The molecule has 0 radical (unpaired) electrons. The molecule has 1 aromatic rings. The van der Waals surface area contributed by atoms with Crippen LogP contribution in [0.15, 0.2) is 24.3 Å². The lowest BCUT2D eigenvalue weighted by atomic mass is 10.0. The maximum atomic E-state index is 14.7. The molecule has 13 amide bonds. The number of amides is 13. The average molecular weight is 1390 g/mol. The highest BCUT2D eigenvalue weighted by atomic mass is 33.1. The minimum Gasteiger partial charge on any atom is -0.508 e. The largest absolute Gasteiger partial charge is 0.508 e. The van der Waals surface area contributed by atoms with Crippen molar-refractivity contribution in [3.63, 3.8) is 0 Å². The average Bonchev–Trinajstić information content (AvgIpc) is 1.04. The molecule has 1 saturated heterocycles. The fourth-order valence-electron chi connectivity index (χ4n) is 8.37. The molecule has 1 heterocycles. The first kappa shape index (κ1) is 80.9. The molecule has 8 unspecified atom stereocenters. The number of nitrogens with one attached hydrogen (secondary N) is 11. The molecule has 2 rings (SSSR count). The zero-order chi connectivity index (χ0) is 69.2. The van der Waals surface area contributed by atoms with E-state index in [0.29, 0.717) is 29.9 Å². The molecule has 10 atom stereocenters. The zero-order valence-electron chi connectivity index (χ0n) is 52.2. The summed E-state index contributed by atoms with van der Waals surface area (Å²) in [5, 5.41) is 56.9. The van der Waals surface area contributed by atoms with Crippen LogP contribution in [0.2, 0.25) is 0 Å². The van der Waals surface area contributed by atoms with Crippen LogP contribution < -0.4 is 70.0 Å². The molecule has 36 heteroatoms. The predicted molar refractivity (Wildman–Crippen MR) is 349 cm³/mol. The number of aliphatic carboxylic acids is 2. The van der Waals surface area contributed by atoms with E-state index in [1.165, 1.54) is 70.5 Å². The van der Waals surface area contributed by atoms with Crippen LogP contribution >= 0.6 is 54.9 Å². The molecule has 31 nitrogen and oxygen atoms in total. The fourth-order valence-corrected chi connectivity index (χ4v) is 13.5. The lowest BCUT2D eigenvalue weighted by Crippen LogP contribution is -2.60. The van der Waals surface area contributed by atoms with Crippen LogP contribution in [0.3, 0.4) is 0 Å². The molecule has 92 heavy (non-hydrogen) atoms. The van der Waals surface area contributed by atoms with Gasteiger partial charge in [-0.3, -0.25) is 67.1 Å². The van der Waals surface area contributed by atoms with Gasteiger partial charge in [-0.1, -0.05) is 89.9 Å². The Morgan fingerprint density at radius 1 is 0.674 bits per heavy atom. The van der Waals surface area contributed by atoms with Gasteiger partial charge in [0.05, 0.1) is 13.0 Å². The van der Waals surface area contributed by atoms with E-state index in [4.69, 9.17) is 11.5 Å². The van der Waals surface area contributed by atoms with Crippen LogP contribution in [0.5, 0.6) is 5.75 Å². The Morgan fingerprint density at radius 2 is 1.28 bits per heavy atom. The van der Waals surface area contributed by atoms with E-state index in [9.17, 15) is 87.2 Å². The Bertz CT molecular complexity index is 2740. The summed E-state index contributed by atoms with van der Waals surface area (Å²) < 4.78 is 0. The number of phenols is 1. The van der Waals surface area contributed by atoms with Crippen LogP contribution in [0.25, 0.3) is 0 Å². The molecule has 514 valence electrons. The van der Waals surface area contributed by atoms with Crippen LogP contribution in [-0.2, 0) is 78.3 Å². The number of hydrogen-bond acceptors (Lipinski definition) is 21. The maximum Gasteiger partial charge on any atom is 0.327 e. The first-order valence-corrected chi connectivity index (χ1v) is 35.6. The fraction of sp³-hybridized carbons (Fsp3) is 0.625. The maximum absolute atomic E-state index is 14.7. The molecule has 18 N–H and O–H groups in total. The number of hydrogen-bond donors (Lipinski definition) is 16. The van der Waals surface area contributed by atoms with Crippen molar-refractivity contribution in [2.75, 3.05) is 41.1 Å². The summed E-state index contributed by atoms with van der Waals surface area (Å²) in [7, 11) is 4.98. The van der Waals surface area contributed by atoms with Crippen LogP contribution in [0.1, 0.15) is 105 Å². The Morgan fingerprint density at radius 3 is 1.86 bits per heavy atom. The van der Waals surface area contributed by atoms with Crippen molar-refractivity contribution in [1.29, 1.82) is 0 Å². The number of carbonyl (C=O) groups excluding carboxylic acids is 13. The summed E-state index contributed by atoms with van der Waals surface area (Å²) in [5.41, 5.74) is 11.4. The van der Waals surface area contributed by atoms with Gasteiger partial charge in [-0.2, -0.15) is 11.8 Å². The number of carboxylic acid groups (broad SMARTS) is 2. The van der Waals surface area contributed by atoms with E-state index in [0.717, 1.165) is 22.6 Å². The van der Waals surface area contributed by atoms with E-state index in [2.05, 4.69) is 58.5 Å². The van der Waals surface area contributed by atoms with Gasteiger partial charge in [-0.25, -0.2) is 4.79 Å². The highest BCUT2D eigenvalue weighted by Gasteiger charge is 2.36. The predicted octanol–water partition coefficient (Wildman–Crippen LogP) is -1.96. The Balaban J connectivity index is 2.74. The molecule has 1 aliphatic rings. The van der Waals surface area contributed by atoms with Crippen molar-refractivity contribution in [3.05, 3.63) is 29.8 Å². The summed E-state index contributed by atoms with van der Waals surface area (Å²) in [6.45, 7) is 10.1. The molecule has 0 spiro atoms. The minimum absolute atomic E-state index is 0.0307. The van der Waals surface area contributed by atoms with Crippen molar-refractivity contribution >= 4 is 144 Å². The highest BCUT2D eigenvalue weighted by Crippen LogP contribution is 2.24. The van der Waals surface area contributed by atoms with Gasteiger partial charge in [0.1, 0.15) is 66.2 Å². The number of phenolic OH excluding ortho intramolecular Hbond substituents is 1. The van der Waals surface area contributed by atoms with Gasteiger partial charge in [0.2, 0.25) is 76.8 Å². The summed E-state index contributed by atoms with van der Waals surface area (Å²) in [4.78, 5) is 200. The van der Waals surface area contributed by atoms with E-state index in [1.54, 1.807) is 27.7 Å². The Kier molecular flexibility index (Phi) is 37.7. The monoisotopic (exact) mass is 1390 g/mol. The van der Waals surface area contributed by atoms with Gasteiger partial charge in [-0.05, 0) is 74.3 Å². The number of primary amides is 2. The van der Waals surface area contributed by atoms with E-state index in [-0.39, 0.29) is 54.6 Å². The van der Waals surface area contributed by atoms with Gasteiger partial charge in [0, 0.05) is 55.0 Å². The normalized spacial score (nSPS) is 21.0. The minimum atomic E-state index is -1.66. The van der Waals surface area contributed by atoms with Crippen molar-refractivity contribution in [2.45, 2.75) is 167 Å². The van der Waals surface area contributed by atoms with Gasteiger partial charge in [-0.15, -0.1) is 0 Å². The second kappa shape index (κ2) is 42.9. The lowest BCUT2D eigenvalue weighted by Gasteiger charge is -2.27. The first-order valence-electron chi connectivity index (χ1n) is 29.4. The van der Waals surface area contributed by atoms with E-state index < -0.39 is 187 Å². The van der Waals surface area contributed by atoms with E-state index >= 15 is 0 Å². The number of carbonyl (C=O) groups is 15. The molecule has 0 aromatic heterocycles. The SMILES string of the molecule is CCSSCC(NC(C)=O)C(=O)N[C@H](CCSCC1NC(=O)C(C)NC(=O)C(C(C)C)NC(=O)C(CC(N)=O)NC(=O)CCCCSSCC(C(=O)O)NC(=O)CNC(=O)C(Cc2ccc(O)cc2)NC1=O)C(=O)NC(CCC(=O)O)C(=O)N[C@@H](CC(C)C)C(N)=O. The summed E-state index contributed by atoms with van der Waals surface area (Å²) in [6.07, 6.45) is -1.66. The van der Waals surface area contributed by atoms with E-state index in [1.807, 2.05) is 6.92 Å². The van der Waals surface area contributed by atoms with Crippen LogP contribution in [0, 0.1) is 11.8 Å². The zero-order valence-corrected chi connectivity index (χ0v) is 56.3. The van der Waals surface area contributed by atoms with Crippen molar-refractivity contribution in [1.82, 2.24) is 58.5 Å². The number of benzene rings is 1. The summed E-state index contributed by atoms with van der Waals surface area (Å²) >= 11 is 0.902. The number of rotatable bonds is 28. The topological polar surface area (TPSA) is 501 Å². The van der Waals surface area contributed by atoms with Gasteiger partial charge in [0.25, 0.3) is 0 Å². The first-order chi connectivity index (χ1) is 43.3. The van der Waals surface area contributed by atoms with Crippen LogP contribution in [0.4, 0.5) is 0 Å².